The van der Waals surface area contributed by atoms with Crippen LogP contribution in [0.1, 0.15) is 19.8 Å². The van der Waals surface area contributed by atoms with Crippen molar-refractivity contribution in [2.45, 2.75) is 19.8 Å². The fourth-order valence-electron chi connectivity index (χ4n) is 0.644. The molecule has 0 radical (unpaired) electrons. The third-order valence-electron chi connectivity index (χ3n) is 1.11. The fraction of sp³-hybridized carbons (Fsp3) is 0.857. The predicted molar refractivity (Wildman–Crippen MR) is 40.9 cm³/mol. The van der Waals surface area contributed by atoms with Crippen LogP contribution in [0.4, 0.5) is 0 Å². The van der Waals surface area contributed by atoms with Crippen molar-refractivity contribution in [3.05, 3.63) is 0 Å². The molecule has 0 saturated heterocycles. The minimum Gasteiger partial charge on any atom is -0.382 e. The molecule has 0 atom stereocenters. The molecule has 0 aromatic rings. The molecule has 11 heavy (non-hydrogen) atoms. The van der Waals surface area contributed by atoms with E-state index in [-0.39, 0.29) is 5.91 Å². The highest BCUT2D eigenvalue weighted by molar-refractivity contribution is 5.74. The van der Waals surface area contributed by atoms with Crippen molar-refractivity contribution in [2.75, 3.05) is 20.3 Å². The molecule has 0 heterocycles. The van der Waals surface area contributed by atoms with Gasteiger partial charge in [-0.25, -0.2) is 5.48 Å². The first kappa shape index (κ1) is 10.4. The zero-order valence-electron chi connectivity index (χ0n) is 7.05. The van der Waals surface area contributed by atoms with Gasteiger partial charge in [-0.05, 0) is 13.3 Å². The number of ether oxygens (including phenoxy) is 1. The Morgan fingerprint density at radius 3 is 2.82 bits per heavy atom. The molecule has 0 aliphatic carbocycles. The number of amides is 1. The second-order valence-corrected chi connectivity index (χ2v) is 2.03. The minimum absolute atomic E-state index is 0.104. The monoisotopic (exact) mass is 161 g/mol. The van der Waals surface area contributed by atoms with Crippen molar-refractivity contribution in [3.63, 3.8) is 0 Å². The zero-order valence-corrected chi connectivity index (χ0v) is 7.05. The van der Waals surface area contributed by atoms with Crippen molar-refractivity contribution < 1.29 is 14.4 Å². The largest absolute Gasteiger partial charge is 0.382 e. The van der Waals surface area contributed by atoms with Crippen molar-refractivity contribution in [1.29, 1.82) is 0 Å². The molecule has 4 heteroatoms. The smallest absolute Gasteiger partial charge is 0.243 e. The molecule has 0 spiro atoms. The van der Waals surface area contributed by atoms with E-state index in [2.05, 4.69) is 10.3 Å². The van der Waals surface area contributed by atoms with Crippen LogP contribution >= 0.6 is 0 Å². The lowest BCUT2D eigenvalue weighted by molar-refractivity contribution is -0.131. The number of carbonyl (C=O) groups is 1. The number of carbonyl (C=O) groups excluding carboxylic acids is 1. The molecule has 66 valence electrons. The maximum absolute atomic E-state index is 10.7. The first-order chi connectivity index (χ1) is 5.31. The molecule has 0 aliphatic heterocycles. The first-order valence-electron chi connectivity index (χ1n) is 3.70. The Morgan fingerprint density at radius 1 is 1.55 bits per heavy atom. The molecule has 0 bridgehead atoms. The lowest BCUT2D eigenvalue weighted by Gasteiger charge is -2.01. The second-order valence-electron chi connectivity index (χ2n) is 2.03. The molecule has 1 amide bonds. The topological polar surface area (TPSA) is 47.6 Å². The van der Waals surface area contributed by atoms with Gasteiger partial charge in [-0.15, -0.1) is 0 Å². The summed E-state index contributed by atoms with van der Waals surface area (Å²) >= 11 is 0. The highest BCUT2D eigenvalue weighted by Gasteiger charge is 1.97. The van der Waals surface area contributed by atoms with E-state index in [1.54, 1.807) is 0 Å². The van der Waals surface area contributed by atoms with Gasteiger partial charge in [0.25, 0.3) is 0 Å². The van der Waals surface area contributed by atoms with E-state index in [4.69, 9.17) is 4.74 Å². The van der Waals surface area contributed by atoms with Crippen molar-refractivity contribution in [2.24, 2.45) is 0 Å². The van der Waals surface area contributed by atoms with Gasteiger partial charge in [-0.1, -0.05) is 0 Å². The molecule has 0 unspecified atom stereocenters. The molecule has 0 saturated carbocycles. The molecule has 1 N–H and O–H groups in total. The average Bonchev–Trinajstić information content (AvgIpc) is 1.99. The number of hydrogen-bond acceptors (Lipinski definition) is 3. The summed E-state index contributed by atoms with van der Waals surface area (Å²) in [5, 5.41) is 0. The van der Waals surface area contributed by atoms with Crippen LogP contribution in [-0.2, 0) is 14.4 Å². The summed E-state index contributed by atoms with van der Waals surface area (Å²) < 4.78 is 5.04. The van der Waals surface area contributed by atoms with Gasteiger partial charge < -0.3 is 4.74 Å². The quantitative estimate of drug-likeness (QED) is 0.455. The van der Waals surface area contributed by atoms with Gasteiger partial charge in [0, 0.05) is 19.6 Å². The Kier molecular flexibility index (Phi) is 7.08. The van der Waals surface area contributed by atoms with Crippen LogP contribution in [0, 0.1) is 0 Å². The van der Waals surface area contributed by atoms with Gasteiger partial charge in [0.05, 0.1) is 7.11 Å². The number of rotatable bonds is 6. The van der Waals surface area contributed by atoms with Crippen molar-refractivity contribution in [3.8, 4) is 0 Å². The van der Waals surface area contributed by atoms with Gasteiger partial charge in [0.1, 0.15) is 0 Å². The van der Waals surface area contributed by atoms with E-state index in [9.17, 15) is 4.79 Å². The highest BCUT2D eigenvalue weighted by Crippen LogP contribution is 1.89. The van der Waals surface area contributed by atoms with Gasteiger partial charge in [0.2, 0.25) is 5.91 Å². The Morgan fingerprint density at radius 2 is 2.27 bits per heavy atom. The van der Waals surface area contributed by atoms with Crippen LogP contribution in [0.3, 0.4) is 0 Å². The Hall–Kier alpha value is -0.610. The van der Waals surface area contributed by atoms with Crippen LogP contribution in [0.25, 0.3) is 0 Å². The van der Waals surface area contributed by atoms with Gasteiger partial charge in [0.15, 0.2) is 0 Å². The van der Waals surface area contributed by atoms with Crippen LogP contribution in [0.15, 0.2) is 0 Å². The summed E-state index contributed by atoms with van der Waals surface area (Å²) in [7, 11) is 1.42. The fourth-order valence-corrected chi connectivity index (χ4v) is 0.644. The molecule has 0 aromatic heterocycles. The van der Waals surface area contributed by atoms with E-state index >= 15 is 0 Å². The molecule has 0 aromatic carbocycles. The number of nitrogens with one attached hydrogen (secondary N) is 1. The normalized spacial score (nSPS) is 9.64. The van der Waals surface area contributed by atoms with Crippen LogP contribution < -0.4 is 5.48 Å². The molecule has 0 fully saturated rings. The SMILES string of the molecule is CCOCCCC(=O)NOC. The second kappa shape index (κ2) is 7.50. The van der Waals surface area contributed by atoms with Crippen LogP contribution in [-0.4, -0.2) is 26.2 Å². The molecule has 4 nitrogen and oxygen atoms in total. The van der Waals surface area contributed by atoms with Gasteiger partial charge in [-0.2, -0.15) is 0 Å². The van der Waals surface area contributed by atoms with E-state index < -0.39 is 0 Å². The third kappa shape index (κ3) is 7.29. The summed E-state index contributed by atoms with van der Waals surface area (Å²) in [5.74, 6) is -0.104. The third-order valence-corrected chi connectivity index (χ3v) is 1.11. The van der Waals surface area contributed by atoms with E-state index in [1.807, 2.05) is 6.92 Å². The zero-order chi connectivity index (χ0) is 8.53. The summed E-state index contributed by atoms with van der Waals surface area (Å²) in [6, 6.07) is 0. The minimum atomic E-state index is -0.104. The lowest BCUT2D eigenvalue weighted by atomic mass is 10.3. The van der Waals surface area contributed by atoms with Gasteiger partial charge >= 0.3 is 0 Å². The lowest BCUT2D eigenvalue weighted by Crippen LogP contribution is -2.21. The summed E-state index contributed by atoms with van der Waals surface area (Å²) in [4.78, 5) is 15.1. The Labute approximate surface area is 66.8 Å². The summed E-state index contributed by atoms with van der Waals surface area (Å²) in [6.07, 6.45) is 1.19. The molecular weight excluding hydrogens is 146 g/mol. The first-order valence-corrected chi connectivity index (χ1v) is 3.70. The maximum atomic E-state index is 10.7. The average molecular weight is 161 g/mol. The Balaban J connectivity index is 3.04. The van der Waals surface area contributed by atoms with Gasteiger partial charge in [-0.3, -0.25) is 9.63 Å². The predicted octanol–water partition coefficient (Wildman–Crippen LogP) is 0.481. The Bertz CT molecular complexity index is 106. The van der Waals surface area contributed by atoms with E-state index in [0.29, 0.717) is 19.6 Å². The molecule has 0 aliphatic rings. The standard InChI is InChI=1S/C7H15NO3/c1-3-11-6-4-5-7(9)8-10-2/h3-6H2,1-2H3,(H,8,9). The molecule has 0 rings (SSSR count). The number of hydrogen-bond donors (Lipinski definition) is 1. The van der Waals surface area contributed by atoms with E-state index in [0.717, 1.165) is 6.42 Å². The van der Waals surface area contributed by atoms with Crippen molar-refractivity contribution in [1.82, 2.24) is 5.48 Å². The molecular formula is C7H15NO3. The van der Waals surface area contributed by atoms with E-state index in [1.165, 1.54) is 7.11 Å². The summed E-state index contributed by atoms with van der Waals surface area (Å²) in [6.45, 7) is 3.26. The maximum Gasteiger partial charge on any atom is 0.243 e. The van der Waals surface area contributed by atoms with Crippen LogP contribution in [0.5, 0.6) is 0 Å². The summed E-state index contributed by atoms with van der Waals surface area (Å²) in [5.41, 5.74) is 2.23. The highest BCUT2D eigenvalue weighted by atomic mass is 16.6. The van der Waals surface area contributed by atoms with Crippen LogP contribution in [0.2, 0.25) is 0 Å². The number of hydroxylamine groups is 1. The van der Waals surface area contributed by atoms with Crippen molar-refractivity contribution >= 4 is 5.91 Å².